The largest absolute Gasteiger partial charge is 0.497 e. The Bertz CT molecular complexity index is 791. The molecule has 1 aliphatic rings. The molecule has 1 fully saturated rings. The van der Waals surface area contributed by atoms with E-state index in [0.29, 0.717) is 12.6 Å². The maximum Gasteiger partial charge on any atom is 0.123 e. The van der Waals surface area contributed by atoms with Crippen LogP contribution in [0.5, 0.6) is 11.5 Å². The normalized spacial score (nSPS) is 18.0. The molecule has 5 heteroatoms. The number of aliphatic hydroxyl groups excluding tert-OH is 1. The van der Waals surface area contributed by atoms with Gasteiger partial charge in [-0.25, -0.2) is 0 Å². The van der Waals surface area contributed by atoms with Gasteiger partial charge in [0.1, 0.15) is 11.5 Å². The van der Waals surface area contributed by atoms with Gasteiger partial charge in [0.2, 0.25) is 0 Å². The number of rotatable bonds is 10. The maximum atomic E-state index is 9.60. The van der Waals surface area contributed by atoms with Crippen LogP contribution in [0.2, 0.25) is 0 Å². The van der Waals surface area contributed by atoms with Crippen LogP contribution in [0.1, 0.15) is 24.5 Å². The van der Waals surface area contributed by atoms with E-state index in [1.165, 1.54) is 11.1 Å². The van der Waals surface area contributed by atoms with E-state index < -0.39 is 0 Å². The van der Waals surface area contributed by atoms with Crippen molar-refractivity contribution in [3.05, 3.63) is 65.7 Å². The summed E-state index contributed by atoms with van der Waals surface area (Å²) in [5.41, 5.74) is 2.39. The van der Waals surface area contributed by atoms with Gasteiger partial charge in [0.05, 0.1) is 13.7 Å². The first-order valence-electron chi connectivity index (χ1n) is 10.8. The van der Waals surface area contributed by atoms with E-state index in [1.807, 2.05) is 31.2 Å². The molecule has 1 unspecified atom stereocenters. The molecule has 1 atom stereocenters. The van der Waals surface area contributed by atoms with Crippen molar-refractivity contribution in [3.63, 3.8) is 0 Å². The topological polar surface area (TPSA) is 45.2 Å². The lowest BCUT2D eigenvalue weighted by Gasteiger charge is -2.41. The van der Waals surface area contributed by atoms with Crippen molar-refractivity contribution >= 4 is 6.08 Å². The molecule has 0 spiro atoms. The van der Waals surface area contributed by atoms with Gasteiger partial charge in [0, 0.05) is 50.9 Å². The van der Waals surface area contributed by atoms with Crippen molar-refractivity contribution in [2.75, 3.05) is 46.5 Å². The van der Waals surface area contributed by atoms with Crippen LogP contribution in [0.25, 0.3) is 6.08 Å². The van der Waals surface area contributed by atoms with Crippen molar-refractivity contribution in [1.29, 1.82) is 0 Å². The average Bonchev–Trinajstić information content (AvgIpc) is 2.77. The first kappa shape index (κ1) is 22.3. The summed E-state index contributed by atoms with van der Waals surface area (Å²) < 4.78 is 11.0. The fourth-order valence-electron chi connectivity index (χ4n) is 3.96. The van der Waals surface area contributed by atoms with Gasteiger partial charge in [-0.1, -0.05) is 42.5 Å². The zero-order valence-electron chi connectivity index (χ0n) is 18.2. The Kier molecular flexibility index (Phi) is 8.75. The Labute approximate surface area is 180 Å². The van der Waals surface area contributed by atoms with E-state index in [-0.39, 0.29) is 6.61 Å². The maximum absolute atomic E-state index is 9.60. The molecule has 1 saturated heterocycles. The molecule has 30 heavy (non-hydrogen) atoms. The lowest BCUT2D eigenvalue weighted by atomic mass is 10.1. The third-order valence-corrected chi connectivity index (χ3v) is 5.59. The highest BCUT2D eigenvalue weighted by molar-refractivity contribution is 5.50. The van der Waals surface area contributed by atoms with Crippen molar-refractivity contribution in [2.45, 2.75) is 25.9 Å². The number of ether oxygens (including phenoxy) is 2. The average molecular weight is 411 g/mol. The Morgan fingerprint density at radius 3 is 2.63 bits per heavy atom. The predicted octanol–water partition coefficient (Wildman–Crippen LogP) is 3.68. The zero-order chi connectivity index (χ0) is 21.2. The van der Waals surface area contributed by atoms with Crippen molar-refractivity contribution < 1.29 is 14.6 Å². The van der Waals surface area contributed by atoms with Crippen LogP contribution in [-0.4, -0.2) is 67.5 Å². The molecule has 0 aliphatic carbocycles. The van der Waals surface area contributed by atoms with E-state index in [9.17, 15) is 5.11 Å². The third-order valence-electron chi connectivity index (χ3n) is 5.59. The predicted molar refractivity (Wildman–Crippen MR) is 122 cm³/mol. The third kappa shape index (κ3) is 6.33. The van der Waals surface area contributed by atoms with Crippen molar-refractivity contribution in [1.82, 2.24) is 9.80 Å². The van der Waals surface area contributed by atoms with Gasteiger partial charge in [0.15, 0.2) is 0 Å². The molecular weight excluding hydrogens is 376 g/mol. The fourth-order valence-corrected chi connectivity index (χ4v) is 3.96. The molecule has 3 rings (SSSR count). The highest BCUT2D eigenvalue weighted by atomic mass is 16.5. The van der Waals surface area contributed by atoms with Crippen LogP contribution < -0.4 is 9.47 Å². The highest BCUT2D eigenvalue weighted by Crippen LogP contribution is 2.23. The lowest BCUT2D eigenvalue weighted by molar-refractivity contribution is 0.0590. The zero-order valence-corrected chi connectivity index (χ0v) is 18.2. The second-order valence-electron chi connectivity index (χ2n) is 7.61. The SMILES string of the molecule is CCOc1ccccc1CN1CCN(CC=Cc2ccc(OC)cc2)CC1CCO. The quantitative estimate of drug-likeness (QED) is 0.647. The van der Waals surface area contributed by atoms with Crippen LogP contribution in [0.4, 0.5) is 0 Å². The smallest absolute Gasteiger partial charge is 0.123 e. The van der Waals surface area contributed by atoms with Gasteiger partial charge in [-0.3, -0.25) is 9.80 Å². The summed E-state index contributed by atoms with van der Waals surface area (Å²) in [5, 5.41) is 9.60. The van der Waals surface area contributed by atoms with Crippen LogP contribution in [0.3, 0.4) is 0 Å². The molecule has 0 aromatic heterocycles. The second kappa shape index (κ2) is 11.7. The van der Waals surface area contributed by atoms with E-state index in [4.69, 9.17) is 9.47 Å². The number of hydrogen-bond donors (Lipinski definition) is 1. The van der Waals surface area contributed by atoms with Gasteiger partial charge < -0.3 is 14.6 Å². The minimum Gasteiger partial charge on any atom is -0.497 e. The summed E-state index contributed by atoms with van der Waals surface area (Å²) in [6.45, 7) is 7.64. The number of aliphatic hydroxyl groups is 1. The highest BCUT2D eigenvalue weighted by Gasteiger charge is 2.26. The summed E-state index contributed by atoms with van der Waals surface area (Å²) in [5.74, 6) is 1.84. The molecule has 0 radical (unpaired) electrons. The molecule has 2 aromatic rings. The van der Waals surface area contributed by atoms with Crippen LogP contribution in [0, 0.1) is 0 Å². The summed E-state index contributed by atoms with van der Waals surface area (Å²) in [6.07, 6.45) is 5.17. The Morgan fingerprint density at radius 2 is 1.90 bits per heavy atom. The molecule has 5 nitrogen and oxygen atoms in total. The summed E-state index contributed by atoms with van der Waals surface area (Å²) in [7, 11) is 1.68. The Balaban J connectivity index is 1.57. The Hall–Kier alpha value is -2.34. The van der Waals surface area contributed by atoms with Gasteiger partial charge in [-0.05, 0) is 37.1 Å². The van der Waals surface area contributed by atoms with Crippen LogP contribution in [-0.2, 0) is 6.54 Å². The number of benzene rings is 2. The van der Waals surface area contributed by atoms with Crippen LogP contribution >= 0.6 is 0 Å². The fraction of sp³-hybridized carbons (Fsp3) is 0.440. The van der Waals surface area contributed by atoms with Gasteiger partial charge >= 0.3 is 0 Å². The monoisotopic (exact) mass is 410 g/mol. The number of nitrogens with zero attached hydrogens (tertiary/aromatic N) is 2. The van der Waals surface area contributed by atoms with Gasteiger partial charge in [0.25, 0.3) is 0 Å². The molecule has 0 bridgehead atoms. The molecule has 1 aliphatic heterocycles. The van der Waals surface area contributed by atoms with E-state index in [0.717, 1.165) is 50.6 Å². The minimum absolute atomic E-state index is 0.212. The number of piperazine rings is 1. The van der Waals surface area contributed by atoms with Crippen molar-refractivity contribution in [3.8, 4) is 11.5 Å². The van der Waals surface area contributed by atoms with Crippen molar-refractivity contribution in [2.24, 2.45) is 0 Å². The number of para-hydroxylation sites is 1. The van der Waals surface area contributed by atoms with E-state index in [1.54, 1.807) is 7.11 Å². The van der Waals surface area contributed by atoms with Gasteiger partial charge in [-0.2, -0.15) is 0 Å². The molecule has 0 amide bonds. The molecule has 1 N–H and O–H groups in total. The number of methoxy groups -OCH3 is 1. The standard InChI is InChI=1S/C25H34N2O3/c1-3-30-25-9-5-4-8-22(25)19-27-17-16-26(20-23(27)14-18-28)15-6-7-21-10-12-24(29-2)13-11-21/h4-13,23,28H,3,14-20H2,1-2H3. The van der Waals surface area contributed by atoms with E-state index in [2.05, 4.69) is 46.2 Å². The van der Waals surface area contributed by atoms with Gasteiger partial charge in [-0.15, -0.1) is 0 Å². The first-order chi connectivity index (χ1) is 14.7. The summed E-state index contributed by atoms with van der Waals surface area (Å²) >= 11 is 0. The molecule has 162 valence electrons. The first-order valence-corrected chi connectivity index (χ1v) is 10.8. The number of hydrogen-bond acceptors (Lipinski definition) is 5. The summed E-state index contributed by atoms with van der Waals surface area (Å²) in [6, 6.07) is 16.7. The molecule has 2 aromatic carbocycles. The molecular formula is C25H34N2O3. The second-order valence-corrected chi connectivity index (χ2v) is 7.61. The lowest BCUT2D eigenvalue weighted by Crippen LogP contribution is -2.52. The summed E-state index contributed by atoms with van der Waals surface area (Å²) in [4.78, 5) is 4.95. The van der Waals surface area contributed by atoms with E-state index >= 15 is 0 Å². The Morgan fingerprint density at radius 1 is 1.10 bits per heavy atom. The molecule has 1 heterocycles. The minimum atomic E-state index is 0.212. The van der Waals surface area contributed by atoms with Crippen LogP contribution in [0.15, 0.2) is 54.6 Å². The molecule has 0 saturated carbocycles.